The molecule has 0 saturated carbocycles. The Balaban J connectivity index is 1.79. The Morgan fingerprint density at radius 2 is 2.00 bits per heavy atom. The number of esters is 1. The van der Waals surface area contributed by atoms with E-state index in [0.717, 1.165) is 6.42 Å². The van der Waals surface area contributed by atoms with Gasteiger partial charge in [-0.2, -0.15) is 0 Å². The molecule has 8 nitrogen and oxygen atoms in total. The van der Waals surface area contributed by atoms with Gasteiger partial charge in [0.05, 0.1) is 5.56 Å². The van der Waals surface area contributed by atoms with Crippen molar-refractivity contribution in [1.29, 1.82) is 0 Å². The molecule has 0 aliphatic carbocycles. The molecule has 130 valence electrons. The van der Waals surface area contributed by atoms with Crippen molar-refractivity contribution in [3.63, 3.8) is 0 Å². The smallest absolute Gasteiger partial charge is 0.338 e. The summed E-state index contributed by atoms with van der Waals surface area (Å²) in [4.78, 5) is 35.3. The van der Waals surface area contributed by atoms with Crippen molar-refractivity contribution in [1.82, 2.24) is 10.6 Å². The zero-order chi connectivity index (χ0) is 17.5. The molecule has 0 spiro atoms. The van der Waals surface area contributed by atoms with E-state index >= 15 is 0 Å². The fraction of sp³-hybridized carbons (Fsp3) is 0.438. The molecule has 0 radical (unpaired) electrons. The number of ether oxygens (including phenoxy) is 3. The lowest BCUT2D eigenvalue weighted by atomic mass is 10.2. The highest BCUT2D eigenvalue weighted by Crippen LogP contribution is 2.32. The van der Waals surface area contributed by atoms with Crippen molar-refractivity contribution in [3.05, 3.63) is 23.8 Å². The van der Waals surface area contributed by atoms with Crippen LogP contribution in [0.1, 0.15) is 30.6 Å². The molecule has 0 bridgehead atoms. The first-order valence-electron chi connectivity index (χ1n) is 7.65. The molecule has 1 aromatic carbocycles. The second kappa shape index (κ2) is 8.19. The third-order valence-electron chi connectivity index (χ3n) is 3.26. The van der Waals surface area contributed by atoms with Gasteiger partial charge in [-0.15, -0.1) is 0 Å². The summed E-state index contributed by atoms with van der Waals surface area (Å²) < 4.78 is 15.3. The summed E-state index contributed by atoms with van der Waals surface area (Å²) in [5.41, 5.74) is 0.251. The minimum Gasteiger partial charge on any atom is -0.454 e. The van der Waals surface area contributed by atoms with Gasteiger partial charge in [-0.1, -0.05) is 6.92 Å². The summed E-state index contributed by atoms with van der Waals surface area (Å²) >= 11 is 0. The van der Waals surface area contributed by atoms with Gasteiger partial charge in [-0.05, 0) is 31.5 Å². The monoisotopic (exact) mass is 336 g/mol. The van der Waals surface area contributed by atoms with E-state index in [1.165, 1.54) is 12.1 Å². The van der Waals surface area contributed by atoms with Crippen molar-refractivity contribution in [3.8, 4) is 11.5 Å². The maximum atomic E-state index is 11.9. The first kappa shape index (κ1) is 17.6. The lowest BCUT2D eigenvalue weighted by molar-refractivity contribution is -0.130. The van der Waals surface area contributed by atoms with E-state index in [0.29, 0.717) is 18.0 Å². The zero-order valence-electron chi connectivity index (χ0n) is 13.6. The Kier molecular flexibility index (Phi) is 6.00. The standard InChI is InChI=1S/C16H20N2O6/c1-3-6-17-15(20)10(2)18-14(19)8-22-16(21)11-4-5-12-13(7-11)24-9-23-12/h4-5,7,10H,3,6,8-9H2,1-2H3,(H,17,20)(H,18,19)/t10-/m0/s1. The van der Waals surface area contributed by atoms with Crippen LogP contribution in [0.4, 0.5) is 0 Å². The number of carbonyl (C=O) groups is 3. The summed E-state index contributed by atoms with van der Waals surface area (Å²) in [7, 11) is 0. The van der Waals surface area contributed by atoms with Crippen LogP contribution in [0, 0.1) is 0 Å². The number of rotatable bonds is 7. The Labute approximate surface area is 139 Å². The van der Waals surface area contributed by atoms with Crippen LogP contribution in [0.5, 0.6) is 11.5 Å². The number of carbonyl (C=O) groups excluding carboxylic acids is 3. The van der Waals surface area contributed by atoms with E-state index in [9.17, 15) is 14.4 Å². The molecule has 0 saturated heterocycles. The van der Waals surface area contributed by atoms with Gasteiger partial charge in [0.1, 0.15) is 6.04 Å². The molecule has 1 aliphatic heterocycles. The lowest BCUT2D eigenvalue weighted by Crippen LogP contribution is -2.46. The van der Waals surface area contributed by atoms with Crippen molar-refractivity contribution < 1.29 is 28.6 Å². The maximum absolute atomic E-state index is 11.9. The van der Waals surface area contributed by atoms with Gasteiger partial charge >= 0.3 is 5.97 Å². The SMILES string of the molecule is CCCNC(=O)[C@H](C)NC(=O)COC(=O)c1ccc2c(c1)OCO2. The van der Waals surface area contributed by atoms with E-state index < -0.39 is 24.5 Å². The molecule has 2 amide bonds. The van der Waals surface area contributed by atoms with Crippen molar-refractivity contribution >= 4 is 17.8 Å². The molecule has 1 atom stereocenters. The van der Waals surface area contributed by atoms with E-state index in [4.69, 9.17) is 14.2 Å². The molecular formula is C16H20N2O6. The first-order valence-corrected chi connectivity index (χ1v) is 7.65. The largest absolute Gasteiger partial charge is 0.454 e. The van der Waals surface area contributed by atoms with Gasteiger partial charge in [0.15, 0.2) is 18.1 Å². The van der Waals surface area contributed by atoms with Crippen LogP contribution in [0.3, 0.4) is 0 Å². The second-order valence-corrected chi connectivity index (χ2v) is 5.22. The fourth-order valence-electron chi connectivity index (χ4n) is 1.99. The minimum atomic E-state index is -0.701. The van der Waals surface area contributed by atoms with E-state index in [-0.39, 0.29) is 18.3 Å². The van der Waals surface area contributed by atoms with Crippen LogP contribution in [0.15, 0.2) is 18.2 Å². The number of hydrogen-bond acceptors (Lipinski definition) is 6. The molecule has 1 aliphatic rings. The predicted octanol–water partition coefficient (Wildman–Crippen LogP) is 0.603. The summed E-state index contributed by atoms with van der Waals surface area (Å²) in [5, 5.41) is 5.13. The highest BCUT2D eigenvalue weighted by Gasteiger charge is 2.19. The van der Waals surface area contributed by atoms with Gasteiger partial charge in [-0.3, -0.25) is 9.59 Å². The predicted molar refractivity (Wildman–Crippen MR) is 83.8 cm³/mol. The number of amides is 2. The normalized spacial score (nSPS) is 13.1. The van der Waals surface area contributed by atoms with Gasteiger partial charge in [0.25, 0.3) is 5.91 Å². The average molecular weight is 336 g/mol. The van der Waals surface area contributed by atoms with Crippen LogP contribution in [0.2, 0.25) is 0 Å². The number of fused-ring (bicyclic) bond motifs is 1. The average Bonchev–Trinajstić information content (AvgIpc) is 3.04. The number of hydrogen-bond donors (Lipinski definition) is 2. The quantitative estimate of drug-likeness (QED) is 0.707. The number of benzene rings is 1. The molecule has 0 unspecified atom stereocenters. The summed E-state index contributed by atoms with van der Waals surface area (Å²) in [5.74, 6) is -0.492. The van der Waals surface area contributed by atoms with Crippen LogP contribution in [-0.4, -0.2) is 43.8 Å². The Bertz CT molecular complexity index is 631. The molecule has 8 heteroatoms. The van der Waals surface area contributed by atoms with Crippen LogP contribution < -0.4 is 20.1 Å². The molecule has 2 N–H and O–H groups in total. The maximum Gasteiger partial charge on any atom is 0.338 e. The van der Waals surface area contributed by atoms with E-state index in [2.05, 4.69) is 10.6 Å². The zero-order valence-corrected chi connectivity index (χ0v) is 13.6. The Hall–Kier alpha value is -2.77. The van der Waals surface area contributed by atoms with Crippen LogP contribution >= 0.6 is 0 Å². The third-order valence-corrected chi connectivity index (χ3v) is 3.26. The molecule has 1 aromatic rings. The third kappa shape index (κ3) is 4.61. The van der Waals surface area contributed by atoms with Gasteiger partial charge in [-0.25, -0.2) is 4.79 Å². The molecular weight excluding hydrogens is 316 g/mol. The molecule has 2 rings (SSSR count). The van der Waals surface area contributed by atoms with Crippen molar-refractivity contribution in [2.45, 2.75) is 26.3 Å². The minimum absolute atomic E-state index is 0.105. The Morgan fingerprint density at radius 1 is 1.25 bits per heavy atom. The fourth-order valence-corrected chi connectivity index (χ4v) is 1.99. The second-order valence-electron chi connectivity index (χ2n) is 5.22. The lowest BCUT2D eigenvalue weighted by Gasteiger charge is -2.13. The van der Waals surface area contributed by atoms with Gasteiger partial charge in [0.2, 0.25) is 12.7 Å². The van der Waals surface area contributed by atoms with Gasteiger partial charge < -0.3 is 24.8 Å². The summed E-state index contributed by atoms with van der Waals surface area (Å²) in [6, 6.07) is 3.91. The number of nitrogens with one attached hydrogen (secondary N) is 2. The topological polar surface area (TPSA) is 103 Å². The molecule has 0 fully saturated rings. The van der Waals surface area contributed by atoms with E-state index in [1.54, 1.807) is 13.0 Å². The first-order chi connectivity index (χ1) is 11.5. The van der Waals surface area contributed by atoms with E-state index in [1.807, 2.05) is 6.92 Å². The highest BCUT2D eigenvalue weighted by atomic mass is 16.7. The molecule has 24 heavy (non-hydrogen) atoms. The summed E-state index contributed by atoms with van der Waals surface area (Å²) in [6.07, 6.45) is 0.805. The molecule has 0 aromatic heterocycles. The van der Waals surface area contributed by atoms with Crippen LogP contribution in [-0.2, 0) is 14.3 Å². The van der Waals surface area contributed by atoms with Crippen molar-refractivity contribution in [2.75, 3.05) is 19.9 Å². The van der Waals surface area contributed by atoms with Crippen LogP contribution in [0.25, 0.3) is 0 Å². The van der Waals surface area contributed by atoms with Gasteiger partial charge in [0, 0.05) is 6.54 Å². The molecule has 1 heterocycles. The Morgan fingerprint density at radius 3 is 2.75 bits per heavy atom. The summed E-state index contributed by atoms with van der Waals surface area (Å²) in [6.45, 7) is 3.66. The highest BCUT2D eigenvalue weighted by molar-refractivity contribution is 5.93. The van der Waals surface area contributed by atoms with Crippen molar-refractivity contribution in [2.24, 2.45) is 0 Å².